The van der Waals surface area contributed by atoms with Crippen LogP contribution in [0.5, 0.6) is 0 Å². The first kappa shape index (κ1) is 27.5. The van der Waals surface area contributed by atoms with Crippen molar-refractivity contribution in [2.75, 3.05) is 44.0 Å². The van der Waals surface area contributed by atoms with E-state index in [0.717, 1.165) is 25.9 Å². The minimum atomic E-state index is -1.10. The van der Waals surface area contributed by atoms with Crippen LogP contribution in [0.15, 0.2) is 6.33 Å². The zero-order chi connectivity index (χ0) is 26.9. The number of hydrogen-bond donors (Lipinski definition) is 5. The first-order valence-electron chi connectivity index (χ1n) is 13.3. The lowest BCUT2D eigenvalue weighted by atomic mass is 10.0. The largest absolute Gasteiger partial charge is 0.394 e. The normalized spacial score (nSPS) is 27.0. The highest BCUT2D eigenvalue weighted by Crippen LogP contribution is 2.35. The number of nitrogens with one attached hydrogen (secondary N) is 2. The highest BCUT2D eigenvalue weighted by molar-refractivity contribution is 5.84. The number of aromatic nitrogens is 4. The summed E-state index contributed by atoms with van der Waals surface area (Å²) in [7, 11) is 4.14. The van der Waals surface area contributed by atoms with E-state index in [1.165, 1.54) is 0 Å². The second-order valence-corrected chi connectivity index (χ2v) is 11.0. The highest BCUT2D eigenvalue weighted by Gasteiger charge is 2.44. The van der Waals surface area contributed by atoms with Gasteiger partial charge in [-0.1, -0.05) is 20.8 Å². The lowest BCUT2D eigenvalue weighted by Crippen LogP contribution is -2.42. The molecule has 1 amide bonds. The molecule has 1 saturated carbocycles. The van der Waals surface area contributed by atoms with Crippen molar-refractivity contribution in [3.05, 3.63) is 6.33 Å². The molecule has 2 aliphatic rings. The zero-order valence-electron chi connectivity index (χ0n) is 22.5. The van der Waals surface area contributed by atoms with Gasteiger partial charge < -0.3 is 40.3 Å². The van der Waals surface area contributed by atoms with Crippen LogP contribution in [-0.2, 0) is 4.79 Å². The molecule has 0 radical (unpaired) electrons. The van der Waals surface area contributed by atoms with E-state index >= 15 is 0 Å². The van der Waals surface area contributed by atoms with E-state index in [0.29, 0.717) is 47.7 Å². The molecule has 0 spiro atoms. The molecule has 2 fully saturated rings. The first-order valence-corrected chi connectivity index (χ1v) is 13.3. The molecule has 1 saturated heterocycles. The fourth-order valence-electron chi connectivity index (χ4n) is 5.41. The Hall–Kier alpha value is -2.54. The van der Waals surface area contributed by atoms with Gasteiger partial charge in [-0.25, -0.2) is 4.98 Å². The predicted molar refractivity (Wildman–Crippen MR) is 141 cm³/mol. The van der Waals surface area contributed by atoms with Gasteiger partial charge in [-0.05, 0) is 39.3 Å². The quantitative estimate of drug-likeness (QED) is 0.298. The molecular formula is C25H42N8O4. The Morgan fingerprint density at radius 1 is 1.24 bits per heavy atom. The number of hydrogen-bond acceptors (Lipinski definition) is 10. The van der Waals surface area contributed by atoms with E-state index < -0.39 is 24.3 Å². The third-order valence-corrected chi connectivity index (χ3v) is 7.58. The summed E-state index contributed by atoms with van der Waals surface area (Å²) in [5.41, 5.74) is 1.08. The van der Waals surface area contributed by atoms with Crippen LogP contribution in [0.2, 0.25) is 0 Å². The van der Waals surface area contributed by atoms with Crippen LogP contribution in [-0.4, -0.2) is 110 Å². The number of fused-ring (bicyclic) bond motifs is 1. The number of aliphatic hydroxyl groups is 3. The Bertz CT molecular complexity index is 1080. The van der Waals surface area contributed by atoms with Crippen molar-refractivity contribution in [3.8, 4) is 0 Å². The van der Waals surface area contributed by atoms with E-state index in [1.54, 1.807) is 17.8 Å². The van der Waals surface area contributed by atoms with Crippen LogP contribution in [0.3, 0.4) is 0 Å². The maximum Gasteiger partial charge on any atom is 0.229 e. The summed E-state index contributed by atoms with van der Waals surface area (Å²) in [4.78, 5) is 30.6. The molecule has 6 atom stereocenters. The topological polar surface area (TPSA) is 152 Å². The molecule has 206 valence electrons. The van der Waals surface area contributed by atoms with Gasteiger partial charge >= 0.3 is 0 Å². The van der Waals surface area contributed by atoms with E-state index in [1.807, 2.05) is 0 Å². The second kappa shape index (κ2) is 11.5. The molecule has 3 heterocycles. The smallest absolute Gasteiger partial charge is 0.229 e. The Morgan fingerprint density at radius 2 is 2.00 bits per heavy atom. The van der Waals surface area contributed by atoms with Gasteiger partial charge in [0, 0.05) is 25.6 Å². The van der Waals surface area contributed by atoms with Gasteiger partial charge in [0.2, 0.25) is 11.9 Å². The monoisotopic (exact) mass is 518 g/mol. The maximum atomic E-state index is 12.0. The van der Waals surface area contributed by atoms with Crippen molar-refractivity contribution in [2.24, 2.45) is 5.92 Å². The van der Waals surface area contributed by atoms with E-state index in [2.05, 4.69) is 53.4 Å². The molecule has 1 unspecified atom stereocenters. The summed E-state index contributed by atoms with van der Waals surface area (Å²) in [5, 5.41) is 37.8. The van der Waals surface area contributed by atoms with Gasteiger partial charge in [0.1, 0.15) is 12.2 Å². The minimum Gasteiger partial charge on any atom is -0.394 e. The van der Waals surface area contributed by atoms with Crippen molar-refractivity contribution in [3.63, 3.8) is 0 Å². The first-order chi connectivity index (χ1) is 17.6. The zero-order valence-corrected chi connectivity index (χ0v) is 22.5. The van der Waals surface area contributed by atoms with Gasteiger partial charge in [0.15, 0.2) is 17.0 Å². The van der Waals surface area contributed by atoms with Crippen molar-refractivity contribution < 1.29 is 20.1 Å². The Labute approximate surface area is 218 Å². The summed E-state index contributed by atoms with van der Waals surface area (Å²) in [5.74, 6) is 1.30. The number of rotatable bonds is 10. The maximum absolute atomic E-state index is 12.0. The fourth-order valence-corrected chi connectivity index (χ4v) is 5.41. The van der Waals surface area contributed by atoms with Crippen LogP contribution in [0.25, 0.3) is 11.2 Å². The third kappa shape index (κ3) is 5.82. The average molecular weight is 519 g/mol. The van der Waals surface area contributed by atoms with Gasteiger partial charge in [-0.3, -0.25) is 4.79 Å². The van der Waals surface area contributed by atoms with Gasteiger partial charge in [-0.2, -0.15) is 9.97 Å². The van der Waals surface area contributed by atoms with Crippen molar-refractivity contribution in [1.29, 1.82) is 0 Å². The number of imidazole rings is 1. The molecule has 2 aromatic rings. The lowest BCUT2D eigenvalue weighted by Gasteiger charge is -2.23. The number of carbonyl (C=O) groups excluding carboxylic acids is 1. The Balaban J connectivity index is 1.72. The molecule has 1 aliphatic carbocycles. The summed E-state index contributed by atoms with van der Waals surface area (Å²) in [6.07, 6.45) is 1.83. The molecule has 0 bridgehead atoms. The van der Waals surface area contributed by atoms with Crippen LogP contribution in [0.4, 0.5) is 11.8 Å². The number of nitrogens with zero attached hydrogens (tertiary/aromatic N) is 6. The molecule has 12 nitrogen and oxygen atoms in total. The molecule has 4 rings (SSSR count). The Kier molecular flexibility index (Phi) is 8.52. The van der Waals surface area contributed by atoms with Crippen LogP contribution < -0.4 is 15.5 Å². The standard InChI is InChI=1S/C25H42N8O4/c1-6-19(35)28-17-10-18(22(37)21(17)36)33-13-26-20-23(27-15(12-34)9-14(2)3)29-25(30-24(20)33)32-8-7-16(11-32)31(4)5/h13-18,21-22,34,36-37H,6-12H2,1-5H3,(H,28,35)(H,27,29,30)/t15-,16+,17?,18+,21+,22-/m0/s1. The summed E-state index contributed by atoms with van der Waals surface area (Å²) in [6.45, 7) is 7.51. The highest BCUT2D eigenvalue weighted by atomic mass is 16.3. The molecule has 5 N–H and O–H groups in total. The SMILES string of the molecule is CCC(=O)NC1C[C@@H](n2cnc3c(N[C@H](CO)CC(C)C)nc(N4CC[C@@H](N(C)C)C4)nc32)[C@H](O)[C@@H]1O. The lowest BCUT2D eigenvalue weighted by molar-refractivity contribution is -0.122. The van der Waals surface area contributed by atoms with Gasteiger partial charge in [-0.15, -0.1) is 0 Å². The van der Waals surface area contributed by atoms with Crippen molar-refractivity contribution >= 4 is 28.8 Å². The van der Waals surface area contributed by atoms with E-state index in [9.17, 15) is 20.1 Å². The van der Waals surface area contributed by atoms with Gasteiger partial charge in [0.05, 0.1) is 31.1 Å². The summed E-state index contributed by atoms with van der Waals surface area (Å²) >= 11 is 0. The van der Waals surface area contributed by atoms with Gasteiger partial charge in [0.25, 0.3) is 0 Å². The summed E-state index contributed by atoms with van der Waals surface area (Å²) in [6, 6.07) is -0.888. The minimum absolute atomic E-state index is 0.0432. The molecule has 2 aromatic heterocycles. The average Bonchev–Trinajstić information content (AvgIpc) is 3.58. The molecule has 12 heteroatoms. The molecule has 1 aliphatic heterocycles. The van der Waals surface area contributed by atoms with E-state index in [4.69, 9.17) is 9.97 Å². The molecular weight excluding hydrogens is 476 g/mol. The van der Waals surface area contributed by atoms with E-state index in [-0.39, 0.29) is 18.6 Å². The molecule has 0 aromatic carbocycles. The number of likely N-dealkylation sites (N-methyl/N-ethyl adjacent to an activating group) is 1. The number of carbonyl (C=O) groups is 1. The van der Waals surface area contributed by atoms with Crippen molar-refractivity contribution in [1.82, 2.24) is 29.7 Å². The fraction of sp³-hybridized carbons (Fsp3) is 0.760. The van der Waals surface area contributed by atoms with Crippen molar-refractivity contribution in [2.45, 2.75) is 82.8 Å². The van der Waals surface area contributed by atoms with Crippen LogP contribution in [0, 0.1) is 5.92 Å². The Morgan fingerprint density at radius 3 is 2.62 bits per heavy atom. The number of anilines is 2. The second-order valence-electron chi connectivity index (χ2n) is 11.0. The summed E-state index contributed by atoms with van der Waals surface area (Å²) < 4.78 is 1.79. The van der Waals surface area contributed by atoms with Crippen LogP contribution in [0.1, 0.15) is 52.5 Å². The number of amides is 1. The van der Waals surface area contributed by atoms with Crippen LogP contribution >= 0.6 is 0 Å². The predicted octanol–water partition coefficient (Wildman–Crippen LogP) is 0.347. The number of aliphatic hydroxyl groups excluding tert-OH is 3. The molecule has 37 heavy (non-hydrogen) atoms. The third-order valence-electron chi connectivity index (χ3n) is 7.58.